The van der Waals surface area contributed by atoms with Crippen molar-refractivity contribution in [1.29, 1.82) is 0 Å². The van der Waals surface area contributed by atoms with Crippen LogP contribution in [0.15, 0.2) is 0 Å². The Morgan fingerprint density at radius 2 is 1.86 bits per heavy atom. The van der Waals surface area contributed by atoms with Crippen LogP contribution in [0.1, 0.15) is 6.92 Å². The Kier molecular flexibility index (Phi) is 2.26. The highest BCUT2D eigenvalue weighted by atomic mass is 16.7. The third-order valence-electron chi connectivity index (χ3n) is 1.26. The molecule has 0 radical (unpaired) electrons. The van der Waals surface area contributed by atoms with Gasteiger partial charge in [0.2, 0.25) is 0 Å². The Bertz CT molecular complexity index is 46.0. The van der Waals surface area contributed by atoms with Gasteiger partial charge < -0.3 is 0 Å². The van der Waals surface area contributed by atoms with E-state index in [4.69, 9.17) is 4.84 Å². The molecule has 0 saturated heterocycles. The van der Waals surface area contributed by atoms with Crippen LogP contribution in [0.4, 0.5) is 0 Å². The maximum absolute atomic E-state index is 5.02. The third-order valence-corrected chi connectivity index (χ3v) is 1.26. The molecule has 2 heteroatoms. The highest BCUT2D eigenvalue weighted by Crippen LogP contribution is 1.92. The Hall–Kier alpha value is -0.0800. The van der Waals surface area contributed by atoms with Crippen molar-refractivity contribution in [2.24, 2.45) is 0 Å². The second-order valence-electron chi connectivity index (χ2n) is 2.07. The van der Waals surface area contributed by atoms with Crippen LogP contribution in [0.2, 0.25) is 0 Å². The van der Waals surface area contributed by atoms with Gasteiger partial charge in [0.05, 0.1) is 21.2 Å². The average Bonchev–Trinajstić information content (AvgIpc) is 1.68. The van der Waals surface area contributed by atoms with Gasteiger partial charge >= 0.3 is 0 Å². The first kappa shape index (κ1) is 6.92. The molecule has 0 aliphatic rings. The van der Waals surface area contributed by atoms with Gasteiger partial charge in [0.1, 0.15) is 6.54 Å². The maximum Gasteiger partial charge on any atom is 0.106 e. The zero-order valence-corrected chi connectivity index (χ0v) is 5.56. The van der Waals surface area contributed by atoms with Gasteiger partial charge in [-0.15, -0.1) is 0 Å². The van der Waals surface area contributed by atoms with Crippen molar-refractivity contribution in [3.63, 3.8) is 0 Å². The SMILES string of the molecule is CC[N+](C)(C)OC. The molecule has 0 unspecified atom stereocenters. The summed E-state index contributed by atoms with van der Waals surface area (Å²) in [6, 6.07) is 0. The van der Waals surface area contributed by atoms with Gasteiger partial charge in [0.25, 0.3) is 0 Å². The Labute approximate surface area is 45.2 Å². The molecule has 0 rings (SSSR count). The maximum atomic E-state index is 5.02. The lowest BCUT2D eigenvalue weighted by Gasteiger charge is -2.22. The van der Waals surface area contributed by atoms with Gasteiger partial charge in [0, 0.05) is 0 Å². The van der Waals surface area contributed by atoms with Crippen molar-refractivity contribution in [3.8, 4) is 0 Å². The first-order chi connectivity index (χ1) is 3.12. The monoisotopic (exact) mass is 104 g/mol. The highest BCUT2D eigenvalue weighted by Gasteiger charge is 2.07. The molecule has 0 aromatic carbocycles. The number of nitrogens with zero attached hydrogens (tertiary/aromatic N) is 1. The van der Waals surface area contributed by atoms with E-state index in [1.807, 2.05) is 14.1 Å². The summed E-state index contributed by atoms with van der Waals surface area (Å²) >= 11 is 0. The summed E-state index contributed by atoms with van der Waals surface area (Å²) in [6.07, 6.45) is 0. The number of quaternary nitrogens is 1. The molecule has 0 aromatic rings. The lowest BCUT2D eigenvalue weighted by molar-refractivity contribution is -1.07. The van der Waals surface area contributed by atoms with Gasteiger partial charge in [-0.05, 0) is 6.92 Å². The van der Waals surface area contributed by atoms with E-state index in [0.717, 1.165) is 6.54 Å². The summed E-state index contributed by atoms with van der Waals surface area (Å²) < 4.78 is 0.639. The zero-order valence-electron chi connectivity index (χ0n) is 5.56. The van der Waals surface area contributed by atoms with Gasteiger partial charge in [-0.1, -0.05) is 0 Å². The van der Waals surface area contributed by atoms with Crippen LogP contribution >= 0.6 is 0 Å². The predicted octanol–water partition coefficient (Wildman–Crippen LogP) is 0.644. The molecular weight excluding hydrogens is 90.1 g/mol. The zero-order chi connectivity index (χ0) is 5.91. The number of hydrogen-bond acceptors (Lipinski definition) is 1. The fourth-order valence-electron chi connectivity index (χ4n) is 0.129. The van der Waals surface area contributed by atoms with E-state index in [0.29, 0.717) is 4.65 Å². The minimum absolute atomic E-state index is 0.639. The molecule has 2 nitrogen and oxygen atoms in total. The second-order valence-corrected chi connectivity index (χ2v) is 2.07. The van der Waals surface area contributed by atoms with Crippen LogP contribution in [-0.4, -0.2) is 32.4 Å². The summed E-state index contributed by atoms with van der Waals surface area (Å²) in [6.45, 7) is 3.10. The fourth-order valence-corrected chi connectivity index (χ4v) is 0.129. The summed E-state index contributed by atoms with van der Waals surface area (Å²) in [7, 11) is 5.74. The van der Waals surface area contributed by atoms with Gasteiger partial charge in [-0.3, -0.25) is 0 Å². The van der Waals surface area contributed by atoms with Gasteiger partial charge in [-0.2, -0.15) is 4.65 Å². The number of rotatable bonds is 2. The van der Waals surface area contributed by atoms with E-state index < -0.39 is 0 Å². The average molecular weight is 104 g/mol. The minimum Gasteiger partial charge on any atom is -0.207 e. The molecule has 0 atom stereocenters. The second kappa shape index (κ2) is 2.28. The summed E-state index contributed by atoms with van der Waals surface area (Å²) in [5.74, 6) is 0. The third kappa shape index (κ3) is 2.60. The number of hydrogen-bond donors (Lipinski definition) is 0. The van der Waals surface area contributed by atoms with Crippen LogP contribution in [0.25, 0.3) is 0 Å². The molecule has 44 valence electrons. The molecule has 0 fully saturated rings. The molecule has 0 amide bonds. The van der Waals surface area contributed by atoms with E-state index in [1.165, 1.54) is 0 Å². The smallest absolute Gasteiger partial charge is 0.106 e. The molecule has 0 aliphatic heterocycles. The quantitative estimate of drug-likeness (QED) is 0.369. The van der Waals surface area contributed by atoms with Crippen molar-refractivity contribution in [2.45, 2.75) is 6.92 Å². The molecule has 0 saturated carbocycles. The van der Waals surface area contributed by atoms with Crippen molar-refractivity contribution in [2.75, 3.05) is 27.7 Å². The first-order valence-electron chi connectivity index (χ1n) is 2.51. The molecule has 0 bridgehead atoms. The van der Waals surface area contributed by atoms with Crippen molar-refractivity contribution in [3.05, 3.63) is 0 Å². The summed E-state index contributed by atoms with van der Waals surface area (Å²) in [5.41, 5.74) is 0. The molecule has 0 aliphatic carbocycles. The molecule has 0 heterocycles. The Morgan fingerprint density at radius 1 is 1.43 bits per heavy atom. The topological polar surface area (TPSA) is 9.23 Å². The largest absolute Gasteiger partial charge is 0.207 e. The lowest BCUT2D eigenvalue weighted by atomic mass is 10.7. The molecular formula is C5H14NO+. The summed E-state index contributed by atoms with van der Waals surface area (Å²) in [5, 5.41) is 0. The molecule has 0 aromatic heterocycles. The van der Waals surface area contributed by atoms with E-state index in [9.17, 15) is 0 Å². The predicted molar refractivity (Wildman–Crippen MR) is 29.7 cm³/mol. The van der Waals surface area contributed by atoms with Crippen LogP contribution in [0, 0.1) is 0 Å². The van der Waals surface area contributed by atoms with E-state index >= 15 is 0 Å². The first-order valence-corrected chi connectivity index (χ1v) is 2.51. The van der Waals surface area contributed by atoms with Crippen molar-refractivity contribution >= 4 is 0 Å². The normalized spacial score (nSPS) is 12.0. The fraction of sp³-hybridized carbons (Fsp3) is 1.00. The van der Waals surface area contributed by atoms with Crippen LogP contribution in [-0.2, 0) is 4.84 Å². The van der Waals surface area contributed by atoms with E-state index in [-0.39, 0.29) is 0 Å². The minimum atomic E-state index is 0.639. The van der Waals surface area contributed by atoms with Gasteiger partial charge in [0.15, 0.2) is 0 Å². The van der Waals surface area contributed by atoms with E-state index in [1.54, 1.807) is 7.11 Å². The lowest BCUT2D eigenvalue weighted by Crippen LogP contribution is -2.37. The van der Waals surface area contributed by atoms with Crippen molar-refractivity contribution in [1.82, 2.24) is 0 Å². The summed E-state index contributed by atoms with van der Waals surface area (Å²) in [4.78, 5) is 5.02. The molecule has 0 spiro atoms. The Balaban J connectivity index is 3.36. The van der Waals surface area contributed by atoms with Gasteiger partial charge in [-0.25, -0.2) is 4.84 Å². The highest BCUT2D eigenvalue weighted by molar-refractivity contribution is 4.01. The number of hydroxylamine groups is 3. The van der Waals surface area contributed by atoms with Crippen LogP contribution in [0.3, 0.4) is 0 Å². The van der Waals surface area contributed by atoms with Crippen LogP contribution < -0.4 is 0 Å². The molecule has 7 heavy (non-hydrogen) atoms. The van der Waals surface area contributed by atoms with Crippen molar-refractivity contribution < 1.29 is 9.48 Å². The Morgan fingerprint density at radius 3 is 1.86 bits per heavy atom. The van der Waals surface area contributed by atoms with Crippen LogP contribution in [0.5, 0.6) is 0 Å². The van der Waals surface area contributed by atoms with E-state index in [2.05, 4.69) is 6.92 Å². The standard InChI is InChI=1S/C5H14NO/c1-5-6(2,3)7-4/h5H2,1-4H3/q+1. The molecule has 0 N–H and O–H groups in total.